The molecule has 0 aromatic heterocycles. The molecule has 0 radical (unpaired) electrons. The summed E-state index contributed by atoms with van der Waals surface area (Å²) in [4.78, 5) is 27.9. The van der Waals surface area contributed by atoms with Gasteiger partial charge in [-0.2, -0.15) is 0 Å². The van der Waals surface area contributed by atoms with Crippen LogP contribution in [-0.2, 0) is 4.79 Å². The maximum Gasteiger partial charge on any atom is 0.315 e. The van der Waals surface area contributed by atoms with E-state index in [9.17, 15) is 9.59 Å². The first-order chi connectivity index (χ1) is 11.6. The Morgan fingerprint density at radius 2 is 1.92 bits per heavy atom. The van der Waals surface area contributed by atoms with Crippen LogP contribution in [0.25, 0.3) is 0 Å². The van der Waals surface area contributed by atoms with Crippen LogP contribution in [0.4, 0.5) is 10.5 Å². The third kappa shape index (κ3) is 5.15. The highest BCUT2D eigenvalue weighted by Gasteiger charge is 2.23. The van der Waals surface area contributed by atoms with Gasteiger partial charge in [0.05, 0.1) is 0 Å². The molecule has 0 aliphatic carbocycles. The Labute approximate surface area is 144 Å². The van der Waals surface area contributed by atoms with Crippen molar-refractivity contribution in [3.63, 3.8) is 0 Å². The average Bonchev–Trinajstić information content (AvgIpc) is 3.05. The maximum absolute atomic E-state index is 12.0. The summed E-state index contributed by atoms with van der Waals surface area (Å²) in [5.74, 6) is 0.0800. The second-order valence-electron chi connectivity index (χ2n) is 5.98. The lowest BCUT2D eigenvalue weighted by atomic mass is 10.3. The summed E-state index contributed by atoms with van der Waals surface area (Å²) in [5, 5.41) is 5.77. The van der Waals surface area contributed by atoms with Gasteiger partial charge in [-0.3, -0.25) is 4.79 Å². The van der Waals surface area contributed by atoms with Crippen LogP contribution in [-0.4, -0.2) is 55.6 Å². The van der Waals surface area contributed by atoms with Gasteiger partial charge in [-0.25, -0.2) is 4.79 Å². The van der Waals surface area contributed by atoms with Crippen LogP contribution in [0.5, 0.6) is 0 Å². The van der Waals surface area contributed by atoms with E-state index in [2.05, 4.69) is 27.7 Å². The summed E-state index contributed by atoms with van der Waals surface area (Å²) >= 11 is 0. The summed E-state index contributed by atoms with van der Waals surface area (Å²) in [7, 11) is 0. The van der Waals surface area contributed by atoms with E-state index in [-0.39, 0.29) is 18.0 Å². The average molecular weight is 332 g/mol. The van der Waals surface area contributed by atoms with E-state index >= 15 is 0 Å². The van der Waals surface area contributed by atoms with Crippen molar-refractivity contribution in [3.05, 3.63) is 30.3 Å². The van der Waals surface area contributed by atoms with Gasteiger partial charge < -0.3 is 20.4 Å². The van der Waals surface area contributed by atoms with Crippen molar-refractivity contribution >= 4 is 17.6 Å². The van der Waals surface area contributed by atoms with Gasteiger partial charge in [0.25, 0.3) is 0 Å². The van der Waals surface area contributed by atoms with Crippen LogP contribution in [0.2, 0.25) is 0 Å². The molecule has 0 saturated carbocycles. The highest BCUT2D eigenvalue weighted by atomic mass is 16.2. The highest BCUT2D eigenvalue weighted by Crippen LogP contribution is 2.19. The minimum Gasteiger partial charge on any atom is -0.369 e. The number of para-hydroxylation sites is 1. The molecule has 6 heteroatoms. The van der Waals surface area contributed by atoms with Gasteiger partial charge in [-0.05, 0) is 32.4 Å². The molecule has 1 atom stereocenters. The third-order valence-corrected chi connectivity index (χ3v) is 4.39. The van der Waals surface area contributed by atoms with E-state index in [0.29, 0.717) is 26.1 Å². The zero-order valence-electron chi connectivity index (χ0n) is 14.6. The Hall–Kier alpha value is -2.24. The fraction of sp³-hybridized carbons (Fsp3) is 0.556. The minimum atomic E-state index is -0.192. The predicted octanol–water partition coefficient (Wildman–Crippen LogP) is 1.82. The number of amides is 3. The number of nitrogens with one attached hydrogen (secondary N) is 2. The van der Waals surface area contributed by atoms with E-state index in [1.807, 2.05) is 32.0 Å². The molecule has 3 amide bonds. The highest BCUT2D eigenvalue weighted by molar-refractivity contribution is 5.78. The number of hydrogen-bond donors (Lipinski definition) is 2. The van der Waals surface area contributed by atoms with E-state index in [1.165, 1.54) is 5.69 Å². The second-order valence-corrected chi connectivity index (χ2v) is 5.98. The lowest BCUT2D eigenvalue weighted by molar-refractivity contribution is -0.130. The van der Waals surface area contributed by atoms with Crippen LogP contribution >= 0.6 is 0 Å². The van der Waals surface area contributed by atoms with Crippen LogP contribution in [0.1, 0.15) is 26.7 Å². The topological polar surface area (TPSA) is 64.7 Å². The van der Waals surface area contributed by atoms with E-state index in [1.54, 1.807) is 4.90 Å². The van der Waals surface area contributed by atoms with Crippen LogP contribution < -0.4 is 15.5 Å². The molecule has 132 valence electrons. The van der Waals surface area contributed by atoms with Gasteiger partial charge in [0.2, 0.25) is 5.91 Å². The van der Waals surface area contributed by atoms with Crippen LogP contribution in [0.15, 0.2) is 30.3 Å². The predicted molar refractivity (Wildman–Crippen MR) is 96.1 cm³/mol. The van der Waals surface area contributed by atoms with Crippen molar-refractivity contribution in [2.75, 3.05) is 37.6 Å². The molecule has 24 heavy (non-hydrogen) atoms. The van der Waals surface area contributed by atoms with Gasteiger partial charge in [-0.15, -0.1) is 0 Å². The monoisotopic (exact) mass is 332 g/mol. The number of anilines is 1. The fourth-order valence-electron chi connectivity index (χ4n) is 3.01. The molecule has 1 fully saturated rings. The molecular weight excluding hydrogens is 304 g/mol. The molecule has 1 aromatic rings. The Morgan fingerprint density at radius 3 is 2.58 bits per heavy atom. The summed E-state index contributed by atoms with van der Waals surface area (Å²) in [5.41, 5.74) is 1.19. The van der Waals surface area contributed by atoms with E-state index < -0.39 is 0 Å². The number of nitrogens with zero attached hydrogens (tertiary/aromatic N) is 2. The normalized spacial score (nSPS) is 16.8. The number of rotatable bonds is 7. The minimum absolute atomic E-state index is 0.0800. The lowest BCUT2D eigenvalue weighted by Crippen LogP contribution is -2.44. The van der Waals surface area contributed by atoms with Crippen molar-refractivity contribution in [2.24, 2.45) is 0 Å². The molecule has 1 aliphatic rings. The number of carbonyl (C=O) groups excluding carboxylic acids is 2. The summed E-state index contributed by atoms with van der Waals surface area (Å²) < 4.78 is 0. The fourth-order valence-corrected chi connectivity index (χ4v) is 3.01. The summed E-state index contributed by atoms with van der Waals surface area (Å²) in [6.07, 6.45) is 1.27. The molecule has 0 bridgehead atoms. The molecule has 2 N–H and O–H groups in total. The number of benzene rings is 1. The lowest BCUT2D eigenvalue weighted by Gasteiger charge is -2.20. The zero-order valence-corrected chi connectivity index (χ0v) is 14.6. The van der Waals surface area contributed by atoms with Crippen molar-refractivity contribution in [3.8, 4) is 0 Å². The summed E-state index contributed by atoms with van der Waals surface area (Å²) in [6.45, 7) is 7.46. The number of urea groups is 1. The molecule has 1 heterocycles. The quantitative estimate of drug-likeness (QED) is 0.800. The van der Waals surface area contributed by atoms with E-state index in [0.717, 1.165) is 19.5 Å². The molecule has 1 aliphatic heterocycles. The first-order valence-electron chi connectivity index (χ1n) is 8.76. The standard InChI is InChI=1S/C18H28N4O2/c1-3-21(4-2)17(23)10-12-19-18(24)20-15-11-13-22(14-15)16-8-6-5-7-9-16/h5-9,15H,3-4,10-14H2,1-2H3,(H2,19,20,24)/t15-/m1/s1. The first-order valence-corrected chi connectivity index (χ1v) is 8.76. The third-order valence-electron chi connectivity index (χ3n) is 4.39. The summed E-state index contributed by atoms with van der Waals surface area (Å²) in [6, 6.07) is 10.2. The smallest absolute Gasteiger partial charge is 0.315 e. The second kappa shape index (κ2) is 9.15. The Kier molecular flexibility index (Phi) is 6.90. The van der Waals surface area contributed by atoms with E-state index in [4.69, 9.17) is 0 Å². The molecule has 0 spiro atoms. The number of hydrogen-bond acceptors (Lipinski definition) is 3. The van der Waals surface area contributed by atoms with Crippen molar-refractivity contribution in [1.29, 1.82) is 0 Å². The molecule has 2 rings (SSSR count). The Balaban J connectivity index is 1.67. The van der Waals surface area contributed by atoms with Gasteiger partial charge in [-0.1, -0.05) is 18.2 Å². The number of carbonyl (C=O) groups is 2. The van der Waals surface area contributed by atoms with Gasteiger partial charge in [0.15, 0.2) is 0 Å². The first kappa shape index (κ1) is 18.1. The van der Waals surface area contributed by atoms with Crippen molar-refractivity contribution in [2.45, 2.75) is 32.7 Å². The molecule has 1 aromatic carbocycles. The SMILES string of the molecule is CCN(CC)C(=O)CCNC(=O)N[C@@H]1CCN(c2ccccc2)C1. The van der Waals surface area contributed by atoms with Gasteiger partial charge in [0, 0.05) is 50.9 Å². The van der Waals surface area contributed by atoms with Crippen LogP contribution in [0, 0.1) is 0 Å². The van der Waals surface area contributed by atoms with Gasteiger partial charge in [0.1, 0.15) is 0 Å². The molecule has 0 unspecified atom stereocenters. The van der Waals surface area contributed by atoms with Crippen LogP contribution in [0.3, 0.4) is 0 Å². The Morgan fingerprint density at radius 1 is 1.21 bits per heavy atom. The van der Waals surface area contributed by atoms with Crippen molar-refractivity contribution in [1.82, 2.24) is 15.5 Å². The van der Waals surface area contributed by atoms with Crippen molar-refractivity contribution < 1.29 is 9.59 Å². The molecular formula is C18H28N4O2. The molecule has 1 saturated heterocycles. The molecule has 6 nitrogen and oxygen atoms in total. The Bertz CT molecular complexity index is 531. The maximum atomic E-state index is 12.0. The van der Waals surface area contributed by atoms with Gasteiger partial charge >= 0.3 is 6.03 Å². The largest absolute Gasteiger partial charge is 0.369 e. The zero-order chi connectivity index (χ0) is 17.4.